The lowest BCUT2D eigenvalue weighted by molar-refractivity contribution is -0.384. The van der Waals surface area contributed by atoms with Crippen LogP contribution in [0.2, 0.25) is 0 Å². The average Bonchev–Trinajstić information content (AvgIpc) is 2.91. The predicted molar refractivity (Wildman–Crippen MR) is 85.1 cm³/mol. The molecule has 0 unspecified atom stereocenters. The van der Waals surface area contributed by atoms with Crippen molar-refractivity contribution in [1.29, 1.82) is 0 Å². The summed E-state index contributed by atoms with van der Waals surface area (Å²) in [7, 11) is 0. The molecule has 3 aromatic rings. The van der Waals surface area contributed by atoms with Gasteiger partial charge in [-0.05, 0) is 11.6 Å². The van der Waals surface area contributed by atoms with Gasteiger partial charge in [0.1, 0.15) is 0 Å². The number of benzene rings is 2. The van der Waals surface area contributed by atoms with Crippen LogP contribution < -0.4 is 4.74 Å². The Kier molecular flexibility index (Phi) is 4.11. The number of aromatic nitrogens is 2. The van der Waals surface area contributed by atoms with Crippen molar-refractivity contribution in [3.05, 3.63) is 64.2 Å². The highest BCUT2D eigenvalue weighted by atomic mass is 16.6. The van der Waals surface area contributed by atoms with Gasteiger partial charge in [-0.1, -0.05) is 30.3 Å². The summed E-state index contributed by atoms with van der Waals surface area (Å²) in [6, 6.07) is 13.8. The molecule has 0 fully saturated rings. The van der Waals surface area contributed by atoms with Crippen LogP contribution in [0.5, 0.6) is 5.88 Å². The van der Waals surface area contributed by atoms with Gasteiger partial charge in [0.15, 0.2) is 6.61 Å². The number of ether oxygens (including phenoxy) is 1. The lowest BCUT2D eigenvalue weighted by Crippen LogP contribution is -2.10. The number of nitro benzene ring substituents is 1. The minimum atomic E-state index is -1.15. The van der Waals surface area contributed by atoms with Crippen LogP contribution in [0.3, 0.4) is 0 Å². The number of hydrogen-bond donors (Lipinski definition) is 1. The molecule has 1 N–H and O–H groups in total. The molecule has 0 aliphatic carbocycles. The number of fused-ring (bicyclic) bond motifs is 1. The number of hydrogen-bond acceptors (Lipinski definition) is 5. The molecule has 0 spiro atoms. The maximum atomic E-state index is 11.0. The highest BCUT2D eigenvalue weighted by Gasteiger charge is 2.17. The summed E-state index contributed by atoms with van der Waals surface area (Å²) in [5.41, 5.74) is 1.51. The van der Waals surface area contributed by atoms with Crippen molar-refractivity contribution in [2.45, 2.75) is 6.54 Å². The van der Waals surface area contributed by atoms with Crippen molar-refractivity contribution in [1.82, 2.24) is 9.78 Å². The van der Waals surface area contributed by atoms with Crippen molar-refractivity contribution < 1.29 is 19.6 Å². The Hall–Kier alpha value is -3.42. The molecule has 3 rings (SSSR count). The van der Waals surface area contributed by atoms with Crippen molar-refractivity contribution in [2.75, 3.05) is 6.61 Å². The minimum Gasteiger partial charge on any atom is -0.479 e. The first-order chi connectivity index (χ1) is 11.5. The number of aliphatic carboxylic acids is 1. The number of carbonyl (C=O) groups is 1. The number of non-ortho nitro benzene ring substituents is 1. The van der Waals surface area contributed by atoms with Gasteiger partial charge in [-0.2, -0.15) is 0 Å². The molecule has 0 amide bonds. The second-order valence-electron chi connectivity index (χ2n) is 5.09. The third-order valence-electron chi connectivity index (χ3n) is 3.42. The predicted octanol–water partition coefficient (Wildman–Crippen LogP) is 2.46. The fourth-order valence-corrected chi connectivity index (χ4v) is 2.36. The number of nitro groups is 1. The number of nitrogens with zero attached hydrogens (tertiary/aromatic N) is 3. The molecule has 24 heavy (non-hydrogen) atoms. The summed E-state index contributed by atoms with van der Waals surface area (Å²) >= 11 is 0. The van der Waals surface area contributed by atoms with Crippen LogP contribution in [-0.2, 0) is 11.3 Å². The van der Waals surface area contributed by atoms with E-state index in [0.717, 1.165) is 5.56 Å². The van der Waals surface area contributed by atoms with Gasteiger partial charge in [0.2, 0.25) is 5.88 Å². The van der Waals surface area contributed by atoms with Gasteiger partial charge in [0, 0.05) is 12.1 Å². The Bertz CT molecular complexity index is 905. The molecule has 0 radical (unpaired) electrons. The number of carboxylic acid groups (broad SMARTS) is 1. The molecule has 8 heteroatoms. The normalized spacial score (nSPS) is 10.7. The average molecular weight is 327 g/mol. The van der Waals surface area contributed by atoms with Gasteiger partial charge < -0.3 is 9.84 Å². The number of rotatable bonds is 6. The summed E-state index contributed by atoms with van der Waals surface area (Å²) in [5.74, 6) is -1.08. The molecule has 0 saturated carbocycles. The van der Waals surface area contributed by atoms with Crippen LogP contribution in [0.1, 0.15) is 5.56 Å². The fourth-order valence-electron chi connectivity index (χ4n) is 2.36. The molecule has 0 atom stereocenters. The minimum absolute atomic E-state index is 0.0621. The van der Waals surface area contributed by atoms with Crippen LogP contribution in [0, 0.1) is 10.1 Å². The summed E-state index contributed by atoms with van der Waals surface area (Å²) in [5, 5.41) is 24.4. The van der Waals surface area contributed by atoms with Gasteiger partial charge in [-0.3, -0.25) is 14.8 Å². The van der Waals surface area contributed by atoms with E-state index in [2.05, 4.69) is 5.10 Å². The molecule has 8 nitrogen and oxygen atoms in total. The SMILES string of the molecule is O=C(O)COc1nn(Cc2ccccc2)c2ccc([N+](=O)[O-])cc12. The molecule has 122 valence electrons. The van der Waals surface area contributed by atoms with Crippen molar-refractivity contribution in [3.8, 4) is 5.88 Å². The first kappa shape index (κ1) is 15.5. The third-order valence-corrected chi connectivity index (χ3v) is 3.42. The molecule has 0 bridgehead atoms. The first-order valence-electron chi connectivity index (χ1n) is 7.08. The second-order valence-corrected chi connectivity index (χ2v) is 5.09. The summed E-state index contributed by atoms with van der Waals surface area (Å²) < 4.78 is 6.81. The van der Waals surface area contributed by atoms with E-state index in [9.17, 15) is 14.9 Å². The Morgan fingerprint density at radius 1 is 1.25 bits per heavy atom. The van der Waals surface area contributed by atoms with Gasteiger partial charge in [-0.25, -0.2) is 4.79 Å². The van der Waals surface area contributed by atoms with E-state index in [-0.39, 0.29) is 11.6 Å². The Morgan fingerprint density at radius 2 is 2.00 bits per heavy atom. The zero-order valence-electron chi connectivity index (χ0n) is 12.5. The monoisotopic (exact) mass is 327 g/mol. The van der Waals surface area contributed by atoms with E-state index in [1.54, 1.807) is 10.7 Å². The lowest BCUT2D eigenvalue weighted by Gasteiger charge is -2.03. The van der Waals surface area contributed by atoms with Crippen LogP contribution in [0.25, 0.3) is 10.9 Å². The Balaban J connectivity index is 2.05. The maximum absolute atomic E-state index is 11.0. The van der Waals surface area contributed by atoms with Gasteiger partial charge in [-0.15, -0.1) is 5.10 Å². The first-order valence-corrected chi connectivity index (χ1v) is 7.08. The van der Waals surface area contributed by atoms with Crippen LogP contribution in [0.15, 0.2) is 48.5 Å². The van der Waals surface area contributed by atoms with Crippen molar-refractivity contribution in [3.63, 3.8) is 0 Å². The maximum Gasteiger partial charge on any atom is 0.341 e. The van der Waals surface area contributed by atoms with E-state index >= 15 is 0 Å². The molecular weight excluding hydrogens is 314 g/mol. The topological polar surface area (TPSA) is 107 Å². The second kappa shape index (κ2) is 6.37. The lowest BCUT2D eigenvalue weighted by atomic mass is 10.2. The molecule has 2 aromatic carbocycles. The molecule has 1 aromatic heterocycles. The van der Waals surface area contributed by atoms with Crippen molar-refractivity contribution in [2.24, 2.45) is 0 Å². The van der Waals surface area contributed by atoms with Gasteiger partial charge in [0.05, 0.1) is 22.4 Å². The van der Waals surface area contributed by atoms with Gasteiger partial charge >= 0.3 is 5.97 Å². The van der Waals surface area contributed by atoms with Crippen LogP contribution in [-0.4, -0.2) is 32.4 Å². The smallest absolute Gasteiger partial charge is 0.341 e. The third kappa shape index (κ3) is 3.17. The highest BCUT2D eigenvalue weighted by Crippen LogP contribution is 2.29. The molecule has 0 saturated heterocycles. The summed E-state index contributed by atoms with van der Waals surface area (Å²) in [4.78, 5) is 21.2. The van der Waals surface area contributed by atoms with E-state index in [0.29, 0.717) is 17.4 Å². The van der Waals surface area contributed by atoms with Gasteiger partial charge in [0.25, 0.3) is 5.69 Å². The molecular formula is C16H13N3O5. The quantitative estimate of drug-likeness (QED) is 0.550. The number of carboxylic acids is 1. The summed E-state index contributed by atoms with van der Waals surface area (Å²) in [6.45, 7) is -0.133. The largest absolute Gasteiger partial charge is 0.479 e. The van der Waals surface area contributed by atoms with E-state index in [1.807, 2.05) is 30.3 Å². The molecule has 1 heterocycles. The standard InChI is InChI=1S/C16H13N3O5/c20-15(21)10-24-16-13-8-12(19(22)23)6-7-14(13)18(17-16)9-11-4-2-1-3-5-11/h1-8H,9-10H2,(H,20,21). The van der Waals surface area contributed by atoms with E-state index < -0.39 is 17.5 Å². The Labute approximate surface area is 136 Å². The fraction of sp³-hybridized carbons (Fsp3) is 0.125. The highest BCUT2D eigenvalue weighted by molar-refractivity contribution is 5.87. The molecule has 0 aliphatic heterocycles. The van der Waals surface area contributed by atoms with Crippen molar-refractivity contribution >= 4 is 22.6 Å². The van der Waals surface area contributed by atoms with Crippen LogP contribution >= 0.6 is 0 Å². The van der Waals surface area contributed by atoms with E-state index in [4.69, 9.17) is 9.84 Å². The zero-order chi connectivity index (χ0) is 17.1. The summed E-state index contributed by atoms with van der Waals surface area (Å²) in [6.07, 6.45) is 0. The molecule has 0 aliphatic rings. The zero-order valence-corrected chi connectivity index (χ0v) is 12.5. The van der Waals surface area contributed by atoms with E-state index in [1.165, 1.54) is 12.1 Å². The van der Waals surface area contributed by atoms with Crippen LogP contribution in [0.4, 0.5) is 5.69 Å². The Morgan fingerprint density at radius 3 is 2.67 bits per heavy atom.